The van der Waals surface area contributed by atoms with Crippen LogP contribution in [-0.2, 0) is 0 Å². The number of nitriles is 1. The molecule has 2 aliphatic heterocycles. The molecule has 1 saturated carbocycles. The third kappa shape index (κ3) is 4.23. The zero-order chi connectivity index (χ0) is 25.6. The van der Waals surface area contributed by atoms with Crippen molar-refractivity contribution in [2.45, 2.75) is 62.7 Å². The third-order valence-corrected chi connectivity index (χ3v) is 8.37. The number of hydrogen-bond donors (Lipinski definition) is 2. The molecule has 1 amide bonds. The number of primary amides is 1. The van der Waals surface area contributed by atoms with Gasteiger partial charge >= 0.3 is 0 Å². The number of aromatic nitrogens is 1. The van der Waals surface area contributed by atoms with Crippen LogP contribution in [0.2, 0.25) is 0 Å². The molecule has 1 aliphatic carbocycles. The molecule has 2 saturated heterocycles. The van der Waals surface area contributed by atoms with Crippen molar-refractivity contribution in [2.75, 3.05) is 22.9 Å². The lowest BCUT2D eigenvalue weighted by Gasteiger charge is -2.60. The summed E-state index contributed by atoms with van der Waals surface area (Å²) >= 11 is 0. The molecule has 0 radical (unpaired) electrons. The summed E-state index contributed by atoms with van der Waals surface area (Å²) in [6.07, 6.45) is 7.39. The molecule has 2 aromatic carbocycles. The molecule has 8 heteroatoms. The van der Waals surface area contributed by atoms with Crippen molar-refractivity contribution in [3.8, 4) is 17.4 Å². The third-order valence-electron chi connectivity index (χ3n) is 8.37. The zero-order valence-corrected chi connectivity index (χ0v) is 21.1. The second-order valence-electron chi connectivity index (χ2n) is 10.8. The standard InChI is InChI=1S/C29H32N6O2/c1-29-18-34(22-11-9-19(16-30)10-12-22)14-13-26(29)35(24-8-3-2-7-23(24)33-29)28-32-17-25(37-28)20-5-4-6-21(15-20)27(31)36/h4-6,9-12,15,17,23-24,26,33H,2-3,7-8,13-14,18H2,1H3,(H2,31,36)/t23-,24?,26?,29-/m1/s1. The molecule has 3 aromatic rings. The second kappa shape index (κ2) is 9.24. The number of nitrogens with two attached hydrogens (primary N) is 1. The minimum absolute atomic E-state index is 0.162. The molecule has 3 aliphatic rings. The largest absolute Gasteiger partial charge is 0.423 e. The number of fused-ring (bicyclic) bond motifs is 2. The molecular formula is C29H32N6O2. The maximum atomic E-state index is 11.7. The number of oxazole rings is 1. The van der Waals surface area contributed by atoms with Gasteiger partial charge in [0.1, 0.15) is 0 Å². The van der Waals surface area contributed by atoms with E-state index in [2.05, 4.69) is 28.1 Å². The highest BCUT2D eigenvalue weighted by atomic mass is 16.4. The SMILES string of the molecule is C[C@@]12CN(c3ccc(C#N)cc3)CCC1N(c1ncc(-c3cccc(C(N)=O)c3)o1)C1CCCC[C@H]1N2. The molecule has 0 bridgehead atoms. The summed E-state index contributed by atoms with van der Waals surface area (Å²) in [7, 11) is 0. The predicted octanol–water partition coefficient (Wildman–Crippen LogP) is 4.07. The molecule has 6 rings (SSSR count). The summed E-state index contributed by atoms with van der Waals surface area (Å²) in [6, 6.07) is 18.9. The lowest BCUT2D eigenvalue weighted by molar-refractivity contribution is 0.100. The summed E-state index contributed by atoms with van der Waals surface area (Å²) in [5.74, 6) is 0.180. The van der Waals surface area contributed by atoms with E-state index in [9.17, 15) is 10.1 Å². The van der Waals surface area contributed by atoms with E-state index in [1.807, 2.05) is 36.4 Å². The Morgan fingerprint density at radius 2 is 2.00 bits per heavy atom. The smallest absolute Gasteiger partial charge is 0.298 e. The number of piperazine rings is 1. The number of nitrogens with zero attached hydrogens (tertiary/aromatic N) is 4. The van der Waals surface area contributed by atoms with E-state index >= 15 is 0 Å². The molecule has 3 fully saturated rings. The summed E-state index contributed by atoms with van der Waals surface area (Å²) in [4.78, 5) is 21.3. The molecule has 37 heavy (non-hydrogen) atoms. The average Bonchev–Trinajstić information content (AvgIpc) is 3.41. The van der Waals surface area contributed by atoms with Gasteiger partial charge in [-0.05, 0) is 62.6 Å². The van der Waals surface area contributed by atoms with Gasteiger partial charge in [-0.25, -0.2) is 4.98 Å². The van der Waals surface area contributed by atoms with E-state index in [-0.39, 0.29) is 11.6 Å². The zero-order valence-electron chi connectivity index (χ0n) is 21.1. The van der Waals surface area contributed by atoms with Gasteiger partial charge in [0.05, 0.1) is 29.4 Å². The normalized spacial score (nSPS) is 27.2. The molecule has 0 spiro atoms. The topological polar surface area (TPSA) is 111 Å². The van der Waals surface area contributed by atoms with Gasteiger partial charge in [0.15, 0.2) is 5.76 Å². The maximum Gasteiger partial charge on any atom is 0.298 e. The van der Waals surface area contributed by atoms with Crippen molar-refractivity contribution < 1.29 is 9.21 Å². The van der Waals surface area contributed by atoms with Gasteiger partial charge in [0.2, 0.25) is 5.91 Å². The fourth-order valence-electron chi connectivity index (χ4n) is 6.62. The van der Waals surface area contributed by atoms with Crippen LogP contribution in [0.5, 0.6) is 0 Å². The van der Waals surface area contributed by atoms with Gasteiger partial charge in [0.25, 0.3) is 6.01 Å². The van der Waals surface area contributed by atoms with E-state index in [1.165, 1.54) is 12.8 Å². The number of amides is 1. The van der Waals surface area contributed by atoms with Crippen LogP contribution in [0, 0.1) is 11.3 Å². The van der Waals surface area contributed by atoms with Crippen LogP contribution in [0.25, 0.3) is 11.3 Å². The van der Waals surface area contributed by atoms with E-state index in [0.717, 1.165) is 43.6 Å². The Labute approximate surface area is 217 Å². The first-order valence-electron chi connectivity index (χ1n) is 13.1. The Bertz CT molecular complexity index is 1340. The van der Waals surface area contributed by atoms with Gasteiger partial charge < -0.3 is 25.3 Å². The van der Waals surface area contributed by atoms with Gasteiger partial charge in [-0.15, -0.1) is 0 Å². The van der Waals surface area contributed by atoms with Crippen LogP contribution in [0.15, 0.2) is 59.1 Å². The van der Waals surface area contributed by atoms with E-state index in [1.54, 1.807) is 18.3 Å². The Balaban J connectivity index is 1.32. The first kappa shape index (κ1) is 23.6. The number of rotatable bonds is 4. The molecule has 3 heterocycles. The quantitative estimate of drug-likeness (QED) is 0.560. The number of hydrogen-bond acceptors (Lipinski definition) is 7. The number of anilines is 2. The fourth-order valence-corrected chi connectivity index (χ4v) is 6.62. The Morgan fingerprint density at radius 3 is 2.78 bits per heavy atom. The fraction of sp³-hybridized carbons (Fsp3) is 0.414. The highest BCUT2D eigenvalue weighted by Crippen LogP contribution is 2.42. The van der Waals surface area contributed by atoms with Crippen molar-refractivity contribution in [3.05, 3.63) is 65.9 Å². The molecule has 4 atom stereocenters. The molecule has 2 unspecified atom stereocenters. The summed E-state index contributed by atoms with van der Waals surface area (Å²) < 4.78 is 6.41. The summed E-state index contributed by atoms with van der Waals surface area (Å²) in [6.45, 7) is 4.10. The highest BCUT2D eigenvalue weighted by molar-refractivity contribution is 5.93. The maximum absolute atomic E-state index is 11.7. The number of nitrogens with one attached hydrogen (secondary N) is 1. The monoisotopic (exact) mass is 496 g/mol. The number of benzene rings is 2. The van der Waals surface area contributed by atoms with Crippen molar-refractivity contribution in [3.63, 3.8) is 0 Å². The first-order chi connectivity index (χ1) is 17.9. The van der Waals surface area contributed by atoms with Gasteiger partial charge in [-0.1, -0.05) is 25.0 Å². The van der Waals surface area contributed by atoms with Crippen molar-refractivity contribution in [1.82, 2.24) is 10.3 Å². The van der Waals surface area contributed by atoms with Crippen LogP contribution in [0.3, 0.4) is 0 Å². The first-order valence-corrected chi connectivity index (χ1v) is 13.1. The van der Waals surface area contributed by atoms with Crippen LogP contribution >= 0.6 is 0 Å². The van der Waals surface area contributed by atoms with Gasteiger partial charge in [-0.3, -0.25) is 4.79 Å². The minimum atomic E-state index is -0.460. The van der Waals surface area contributed by atoms with Crippen LogP contribution < -0.4 is 20.9 Å². The van der Waals surface area contributed by atoms with E-state index < -0.39 is 5.91 Å². The van der Waals surface area contributed by atoms with Crippen molar-refractivity contribution in [1.29, 1.82) is 5.26 Å². The van der Waals surface area contributed by atoms with Crippen molar-refractivity contribution >= 4 is 17.6 Å². The predicted molar refractivity (Wildman–Crippen MR) is 142 cm³/mol. The lowest BCUT2D eigenvalue weighted by atomic mass is 9.75. The molecule has 3 N–H and O–H groups in total. The van der Waals surface area contributed by atoms with Crippen LogP contribution in [-0.4, -0.2) is 47.6 Å². The van der Waals surface area contributed by atoms with E-state index in [4.69, 9.17) is 15.1 Å². The molecule has 190 valence electrons. The van der Waals surface area contributed by atoms with Gasteiger partial charge in [0, 0.05) is 42.0 Å². The molecule has 1 aromatic heterocycles. The summed E-state index contributed by atoms with van der Waals surface area (Å²) in [5, 5.41) is 13.2. The average molecular weight is 497 g/mol. The lowest BCUT2D eigenvalue weighted by Crippen LogP contribution is -2.78. The highest BCUT2D eigenvalue weighted by Gasteiger charge is 2.53. The second-order valence-corrected chi connectivity index (χ2v) is 10.8. The summed E-state index contributed by atoms with van der Waals surface area (Å²) in [5.41, 5.74) is 8.40. The molecular weight excluding hydrogens is 464 g/mol. The number of carbonyl (C=O) groups excluding carboxylic acids is 1. The number of piperidine rings is 1. The Morgan fingerprint density at radius 1 is 1.19 bits per heavy atom. The van der Waals surface area contributed by atoms with E-state index in [0.29, 0.717) is 35.0 Å². The van der Waals surface area contributed by atoms with Crippen molar-refractivity contribution in [2.24, 2.45) is 5.73 Å². The Hall–Kier alpha value is -3.83. The number of carbonyl (C=O) groups is 1. The van der Waals surface area contributed by atoms with Crippen LogP contribution in [0.1, 0.15) is 54.9 Å². The Kier molecular flexibility index (Phi) is 5.88. The minimum Gasteiger partial charge on any atom is -0.423 e. The van der Waals surface area contributed by atoms with Crippen LogP contribution in [0.4, 0.5) is 11.7 Å². The molecule has 8 nitrogen and oxygen atoms in total. The van der Waals surface area contributed by atoms with Gasteiger partial charge in [-0.2, -0.15) is 5.26 Å².